The Morgan fingerprint density at radius 1 is 1.38 bits per heavy atom. The molecule has 0 aliphatic heterocycles. The first-order chi connectivity index (χ1) is 9.99. The fourth-order valence-corrected chi connectivity index (χ4v) is 1.87. The Hall–Kier alpha value is -2.42. The van der Waals surface area contributed by atoms with E-state index in [-0.39, 0.29) is 11.0 Å². The average molecular weight is 307 g/mol. The highest BCUT2D eigenvalue weighted by molar-refractivity contribution is 7.80. The van der Waals surface area contributed by atoms with Crippen molar-refractivity contribution >= 4 is 28.9 Å². The summed E-state index contributed by atoms with van der Waals surface area (Å²) in [4.78, 5) is 11.8. The number of aromatic nitrogens is 4. The van der Waals surface area contributed by atoms with Crippen LogP contribution < -0.4 is 16.2 Å². The molecule has 2 aromatic heterocycles. The van der Waals surface area contributed by atoms with E-state index in [9.17, 15) is 4.79 Å². The number of aryl methyl sites for hydroxylation is 3. The average Bonchev–Trinajstić information content (AvgIpc) is 3.03. The fraction of sp³-hybridized carbons (Fsp3) is 0.333. The van der Waals surface area contributed by atoms with Crippen molar-refractivity contribution in [2.75, 3.05) is 5.32 Å². The Morgan fingerprint density at radius 2 is 2.14 bits per heavy atom. The number of hydrogen-bond acceptors (Lipinski definition) is 4. The number of anilines is 1. The van der Waals surface area contributed by atoms with E-state index in [1.165, 1.54) is 0 Å². The van der Waals surface area contributed by atoms with Crippen LogP contribution in [0.3, 0.4) is 0 Å². The number of carbonyl (C=O) groups excluding carboxylic acids is 1. The predicted molar refractivity (Wildman–Crippen MR) is 82.7 cm³/mol. The van der Waals surface area contributed by atoms with Gasteiger partial charge >= 0.3 is 0 Å². The summed E-state index contributed by atoms with van der Waals surface area (Å²) in [7, 11) is 1.82. The third-order valence-corrected chi connectivity index (χ3v) is 2.95. The predicted octanol–water partition coefficient (Wildman–Crippen LogP) is 0.576. The van der Waals surface area contributed by atoms with Gasteiger partial charge in [0.15, 0.2) is 10.8 Å². The number of nitrogens with zero attached hydrogens (tertiary/aromatic N) is 4. The van der Waals surface area contributed by atoms with Crippen molar-refractivity contribution in [3.63, 3.8) is 0 Å². The maximum atomic E-state index is 11.8. The van der Waals surface area contributed by atoms with Crippen LogP contribution >= 0.6 is 12.2 Å². The molecule has 0 aliphatic carbocycles. The van der Waals surface area contributed by atoms with Crippen LogP contribution in [0.5, 0.6) is 0 Å². The summed E-state index contributed by atoms with van der Waals surface area (Å²) in [6.45, 7) is 4.52. The summed E-state index contributed by atoms with van der Waals surface area (Å²) in [5, 5.41) is 11.5. The lowest BCUT2D eigenvalue weighted by Gasteiger charge is -2.09. The second-order valence-electron chi connectivity index (χ2n) is 4.39. The summed E-state index contributed by atoms with van der Waals surface area (Å²) in [6.07, 6.45) is 3.54. The van der Waals surface area contributed by atoms with E-state index in [0.29, 0.717) is 12.2 Å². The zero-order chi connectivity index (χ0) is 15.4. The molecule has 0 fully saturated rings. The Kier molecular flexibility index (Phi) is 4.53. The van der Waals surface area contributed by atoms with Gasteiger partial charge in [0, 0.05) is 26.0 Å². The highest BCUT2D eigenvalue weighted by atomic mass is 32.1. The van der Waals surface area contributed by atoms with E-state index >= 15 is 0 Å². The van der Waals surface area contributed by atoms with Gasteiger partial charge in [-0.05, 0) is 32.1 Å². The number of hydrogen-bond donors (Lipinski definition) is 3. The van der Waals surface area contributed by atoms with Gasteiger partial charge in [0.2, 0.25) is 0 Å². The highest BCUT2D eigenvalue weighted by Gasteiger charge is 2.10. The van der Waals surface area contributed by atoms with Crippen molar-refractivity contribution in [3.05, 3.63) is 29.8 Å². The third kappa shape index (κ3) is 3.78. The second kappa shape index (κ2) is 6.35. The van der Waals surface area contributed by atoms with E-state index in [0.717, 1.165) is 11.4 Å². The van der Waals surface area contributed by atoms with Gasteiger partial charge in [0.25, 0.3) is 5.91 Å². The van der Waals surface area contributed by atoms with Crippen LogP contribution in [0, 0.1) is 6.92 Å². The normalized spacial score (nSPS) is 10.2. The van der Waals surface area contributed by atoms with Crippen LogP contribution in [-0.4, -0.2) is 30.6 Å². The molecular weight excluding hydrogens is 290 g/mol. The van der Waals surface area contributed by atoms with Crippen LogP contribution in [0.4, 0.5) is 5.69 Å². The third-order valence-electron chi connectivity index (χ3n) is 2.75. The first kappa shape index (κ1) is 15.0. The molecule has 21 heavy (non-hydrogen) atoms. The van der Waals surface area contributed by atoms with Crippen molar-refractivity contribution in [1.29, 1.82) is 0 Å². The van der Waals surface area contributed by atoms with Crippen LogP contribution in [0.15, 0.2) is 18.5 Å². The lowest BCUT2D eigenvalue weighted by atomic mass is 10.4. The Labute approximate surface area is 127 Å². The van der Waals surface area contributed by atoms with Gasteiger partial charge in [-0.1, -0.05) is 0 Å². The van der Waals surface area contributed by atoms with Crippen LogP contribution in [-0.2, 0) is 13.6 Å². The molecule has 0 saturated carbocycles. The number of nitrogens with one attached hydrogen (secondary N) is 3. The van der Waals surface area contributed by atoms with E-state index in [2.05, 4.69) is 26.4 Å². The minimum absolute atomic E-state index is 0.273. The smallest absolute Gasteiger partial charge is 0.290 e. The second-order valence-corrected chi connectivity index (χ2v) is 4.80. The molecule has 1 amide bonds. The largest absolute Gasteiger partial charge is 0.329 e. The van der Waals surface area contributed by atoms with E-state index in [1.807, 2.05) is 20.9 Å². The molecule has 2 heterocycles. The Balaban J connectivity index is 1.86. The van der Waals surface area contributed by atoms with Crippen molar-refractivity contribution in [2.45, 2.75) is 20.4 Å². The molecule has 9 heteroatoms. The van der Waals surface area contributed by atoms with Crippen LogP contribution in [0.1, 0.15) is 23.1 Å². The summed E-state index contributed by atoms with van der Waals surface area (Å²) < 4.78 is 3.35. The number of hydrazine groups is 1. The summed E-state index contributed by atoms with van der Waals surface area (Å²) in [6, 6.07) is 1.64. The van der Waals surface area contributed by atoms with Crippen molar-refractivity contribution in [2.24, 2.45) is 7.05 Å². The maximum Gasteiger partial charge on any atom is 0.290 e. The lowest BCUT2D eigenvalue weighted by Crippen LogP contribution is -2.44. The first-order valence-electron chi connectivity index (χ1n) is 6.40. The molecule has 0 unspecified atom stereocenters. The van der Waals surface area contributed by atoms with Crippen molar-refractivity contribution < 1.29 is 4.79 Å². The SMILES string of the molecule is CCn1ccc(C(=O)NNC(=S)Nc2cn(C)nc2C)n1. The summed E-state index contributed by atoms with van der Waals surface area (Å²) in [5.74, 6) is -0.353. The number of thiocarbonyl (C=S) groups is 1. The zero-order valence-electron chi connectivity index (χ0n) is 12.0. The zero-order valence-corrected chi connectivity index (χ0v) is 12.9. The van der Waals surface area contributed by atoms with Gasteiger partial charge in [-0.15, -0.1) is 0 Å². The van der Waals surface area contributed by atoms with Crippen LogP contribution in [0.2, 0.25) is 0 Å². The maximum absolute atomic E-state index is 11.8. The van der Waals surface area contributed by atoms with Crippen molar-refractivity contribution in [3.8, 4) is 0 Å². The van der Waals surface area contributed by atoms with Gasteiger partial charge in [-0.2, -0.15) is 10.2 Å². The topological polar surface area (TPSA) is 88.8 Å². The van der Waals surface area contributed by atoms with Gasteiger partial charge in [-0.25, -0.2) is 0 Å². The monoisotopic (exact) mass is 307 g/mol. The number of rotatable bonds is 3. The first-order valence-corrected chi connectivity index (χ1v) is 6.81. The molecule has 2 rings (SSSR count). The van der Waals surface area contributed by atoms with Gasteiger partial charge in [0.1, 0.15) is 0 Å². The van der Waals surface area contributed by atoms with Gasteiger partial charge in [0.05, 0.1) is 11.4 Å². The number of carbonyl (C=O) groups is 1. The minimum Gasteiger partial charge on any atom is -0.329 e. The fourth-order valence-electron chi connectivity index (χ4n) is 1.71. The molecule has 0 aliphatic rings. The summed E-state index contributed by atoms with van der Waals surface area (Å²) >= 11 is 5.10. The lowest BCUT2D eigenvalue weighted by molar-refractivity contribution is 0.0938. The summed E-state index contributed by atoms with van der Waals surface area (Å²) in [5.41, 5.74) is 7.03. The molecule has 0 aromatic carbocycles. The molecule has 8 nitrogen and oxygen atoms in total. The van der Waals surface area contributed by atoms with Gasteiger partial charge in [-0.3, -0.25) is 25.0 Å². The Bertz CT molecular complexity index is 660. The van der Waals surface area contributed by atoms with Gasteiger partial charge < -0.3 is 5.32 Å². The quantitative estimate of drug-likeness (QED) is 0.568. The Morgan fingerprint density at radius 3 is 2.71 bits per heavy atom. The standard InChI is InChI=1S/C12H17N7OS/c1-4-19-6-5-9(17-19)11(20)14-15-12(21)13-10-7-18(3)16-8(10)2/h5-7H,4H2,1-3H3,(H,14,20)(H2,13,15,21). The molecule has 2 aromatic rings. The van der Waals surface area contributed by atoms with E-state index in [4.69, 9.17) is 12.2 Å². The highest BCUT2D eigenvalue weighted by Crippen LogP contribution is 2.10. The molecule has 3 N–H and O–H groups in total. The van der Waals surface area contributed by atoms with Crippen LogP contribution in [0.25, 0.3) is 0 Å². The molecule has 0 spiro atoms. The van der Waals surface area contributed by atoms with E-state index < -0.39 is 0 Å². The molecule has 0 atom stereocenters. The molecule has 0 bridgehead atoms. The number of amides is 1. The minimum atomic E-state index is -0.353. The molecule has 0 radical (unpaired) electrons. The molecule has 0 saturated heterocycles. The van der Waals surface area contributed by atoms with E-state index in [1.54, 1.807) is 27.8 Å². The molecular formula is C12H17N7OS. The molecule has 112 valence electrons. The van der Waals surface area contributed by atoms with Crippen molar-refractivity contribution in [1.82, 2.24) is 30.4 Å².